The molecule has 12 heteroatoms. The van der Waals surface area contributed by atoms with Gasteiger partial charge in [0.25, 0.3) is 0 Å². The standard InChI is InChI=1S/C25H25Cl2N5O4S/c1-13(33)23-17-8-16(36-12-21-28-4-5-37-21)2-3-18(17)31(30-23)11-22(34)32-19-6-14(19)7-20(32)24(35)29-10-15-9-25(15,26)27/h2-5,8,14-15,19-20H,6-7,9-12H2,1H3,(H,29,35)/t14-,15-,19-,20+/m1/s1. The summed E-state index contributed by atoms with van der Waals surface area (Å²) in [4.78, 5) is 44.7. The Labute approximate surface area is 227 Å². The molecule has 0 radical (unpaired) electrons. The van der Waals surface area contributed by atoms with Crippen LogP contribution in [0.15, 0.2) is 29.8 Å². The number of ether oxygens (including phenoxy) is 1. The van der Waals surface area contributed by atoms with Gasteiger partial charge in [-0.2, -0.15) is 5.10 Å². The number of hydrogen-bond donors (Lipinski definition) is 1. The number of alkyl halides is 2. The molecule has 1 saturated heterocycles. The summed E-state index contributed by atoms with van der Waals surface area (Å²) in [6.45, 7) is 2.11. The van der Waals surface area contributed by atoms with Gasteiger partial charge in [-0.1, -0.05) is 0 Å². The maximum absolute atomic E-state index is 13.5. The molecule has 37 heavy (non-hydrogen) atoms. The van der Waals surface area contributed by atoms with Crippen LogP contribution in [0.4, 0.5) is 0 Å². The number of carbonyl (C=O) groups excluding carboxylic acids is 3. The number of benzene rings is 1. The Hall–Kier alpha value is -2.69. The quantitative estimate of drug-likeness (QED) is 0.316. The molecule has 2 saturated carbocycles. The molecule has 2 aliphatic carbocycles. The second kappa shape index (κ2) is 9.25. The van der Waals surface area contributed by atoms with E-state index in [2.05, 4.69) is 15.4 Å². The second-order valence-corrected chi connectivity index (χ2v) is 12.5. The first kappa shape index (κ1) is 24.6. The third-order valence-corrected chi connectivity index (χ3v) is 9.04. The normalized spacial score (nSPS) is 25.1. The summed E-state index contributed by atoms with van der Waals surface area (Å²) in [6.07, 6.45) is 3.93. The predicted molar refractivity (Wildman–Crippen MR) is 139 cm³/mol. The van der Waals surface area contributed by atoms with Crippen molar-refractivity contribution in [2.75, 3.05) is 6.54 Å². The third-order valence-electron chi connectivity index (χ3n) is 7.36. The van der Waals surface area contributed by atoms with Crippen LogP contribution in [-0.4, -0.2) is 60.2 Å². The Balaban J connectivity index is 1.18. The molecule has 0 spiro atoms. The summed E-state index contributed by atoms with van der Waals surface area (Å²) >= 11 is 13.7. The number of hydrogen-bond acceptors (Lipinski definition) is 7. The highest BCUT2D eigenvalue weighted by Crippen LogP contribution is 2.53. The lowest BCUT2D eigenvalue weighted by Crippen LogP contribution is -2.49. The number of carbonyl (C=O) groups is 3. The molecule has 1 aliphatic heterocycles. The third kappa shape index (κ3) is 4.82. The summed E-state index contributed by atoms with van der Waals surface area (Å²) in [5.74, 6) is 0.402. The zero-order valence-electron chi connectivity index (χ0n) is 20.0. The van der Waals surface area contributed by atoms with E-state index < -0.39 is 10.4 Å². The molecule has 4 atom stereocenters. The Bertz CT molecular complexity index is 1390. The number of nitrogens with zero attached hydrogens (tertiary/aromatic N) is 4. The topological polar surface area (TPSA) is 106 Å². The minimum atomic E-state index is -0.762. The van der Waals surface area contributed by atoms with Crippen molar-refractivity contribution in [2.24, 2.45) is 11.8 Å². The van der Waals surface area contributed by atoms with E-state index in [-0.39, 0.29) is 41.8 Å². The first-order valence-electron chi connectivity index (χ1n) is 12.2. The fourth-order valence-electron chi connectivity index (χ4n) is 5.19. The van der Waals surface area contributed by atoms with Gasteiger partial charge in [-0.15, -0.1) is 34.5 Å². The molecule has 3 aliphatic rings. The first-order chi connectivity index (χ1) is 17.7. The number of rotatable bonds is 9. The fourth-order valence-corrected chi connectivity index (χ4v) is 6.24. The summed E-state index contributed by atoms with van der Waals surface area (Å²) in [5.41, 5.74) is 0.930. The monoisotopic (exact) mass is 561 g/mol. The number of amides is 2. The minimum absolute atomic E-state index is 0.0377. The van der Waals surface area contributed by atoms with Crippen molar-refractivity contribution in [3.8, 4) is 5.75 Å². The zero-order chi connectivity index (χ0) is 25.9. The van der Waals surface area contributed by atoms with Crippen LogP contribution in [0.2, 0.25) is 0 Å². The molecule has 3 aromatic rings. The minimum Gasteiger partial charge on any atom is -0.486 e. The van der Waals surface area contributed by atoms with Crippen LogP contribution in [0.3, 0.4) is 0 Å². The number of halogens is 2. The molecule has 3 heterocycles. The SMILES string of the molecule is CC(=O)c1nn(CC(=O)N2[C@@H]3C[C@@H]3C[C@H]2C(=O)NC[C@H]2CC2(Cl)Cl)c2ccc(OCc3nccs3)cc12. The molecule has 2 aromatic heterocycles. The van der Waals surface area contributed by atoms with Crippen molar-refractivity contribution in [1.29, 1.82) is 0 Å². The molecule has 6 rings (SSSR count). The molecule has 3 fully saturated rings. The van der Waals surface area contributed by atoms with Crippen LogP contribution < -0.4 is 10.1 Å². The summed E-state index contributed by atoms with van der Waals surface area (Å²) in [5, 5.41) is 10.7. The number of likely N-dealkylation sites (tertiary alicyclic amines) is 1. The molecule has 0 bridgehead atoms. The molecule has 9 nitrogen and oxygen atoms in total. The summed E-state index contributed by atoms with van der Waals surface area (Å²) < 4.78 is 6.63. The summed E-state index contributed by atoms with van der Waals surface area (Å²) in [6, 6.07) is 4.91. The average Bonchev–Trinajstić information content (AvgIpc) is 3.47. The van der Waals surface area contributed by atoms with Crippen LogP contribution in [-0.2, 0) is 22.7 Å². The van der Waals surface area contributed by atoms with Crippen molar-refractivity contribution in [3.05, 3.63) is 40.5 Å². The van der Waals surface area contributed by atoms with Crippen LogP contribution in [0.5, 0.6) is 5.75 Å². The molecule has 2 amide bonds. The molecule has 1 aromatic carbocycles. The molecular weight excluding hydrogens is 537 g/mol. The number of Topliss-reactive ketones (excluding diaryl/α,β-unsaturated/α-hetero) is 1. The molecule has 194 valence electrons. The Kier molecular flexibility index (Phi) is 6.16. The number of fused-ring (bicyclic) bond motifs is 2. The largest absolute Gasteiger partial charge is 0.486 e. The van der Waals surface area contributed by atoms with Gasteiger partial charge >= 0.3 is 0 Å². The van der Waals surface area contributed by atoms with Gasteiger partial charge in [0.2, 0.25) is 11.8 Å². The van der Waals surface area contributed by atoms with E-state index in [9.17, 15) is 14.4 Å². The van der Waals surface area contributed by atoms with Crippen LogP contribution in [0.1, 0.15) is 41.7 Å². The van der Waals surface area contributed by atoms with Crippen LogP contribution in [0, 0.1) is 11.8 Å². The van der Waals surface area contributed by atoms with E-state index in [0.717, 1.165) is 11.4 Å². The van der Waals surface area contributed by atoms with Gasteiger partial charge < -0.3 is 15.0 Å². The fraction of sp³-hybridized carbons (Fsp3) is 0.480. The van der Waals surface area contributed by atoms with E-state index in [1.54, 1.807) is 34.0 Å². The van der Waals surface area contributed by atoms with Gasteiger partial charge in [-0.05, 0) is 43.4 Å². The van der Waals surface area contributed by atoms with Gasteiger partial charge in [-0.25, -0.2) is 4.98 Å². The van der Waals surface area contributed by atoms with Gasteiger partial charge in [0.1, 0.15) is 40.0 Å². The van der Waals surface area contributed by atoms with Crippen molar-refractivity contribution in [2.45, 2.75) is 55.8 Å². The van der Waals surface area contributed by atoms with Crippen molar-refractivity contribution in [3.63, 3.8) is 0 Å². The van der Waals surface area contributed by atoms with E-state index in [1.165, 1.54) is 18.3 Å². The average molecular weight is 562 g/mol. The van der Waals surface area contributed by atoms with Crippen LogP contribution >= 0.6 is 34.5 Å². The number of thiazole rings is 1. The van der Waals surface area contributed by atoms with Gasteiger partial charge in [0.15, 0.2) is 5.78 Å². The Morgan fingerprint density at radius 2 is 2.08 bits per heavy atom. The number of nitrogens with one attached hydrogen (secondary N) is 1. The summed E-state index contributed by atoms with van der Waals surface area (Å²) in [7, 11) is 0. The first-order valence-corrected chi connectivity index (χ1v) is 13.8. The predicted octanol–water partition coefficient (Wildman–Crippen LogP) is 3.57. The maximum atomic E-state index is 13.5. The molecule has 1 N–H and O–H groups in total. The smallest absolute Gasteiger partial charge is 0.245 e. The lowest BCUT2D eigenvalue weighted by Gasteiger charge is -2.27. The van der Waals surface area contributed by atoms with Crippen molar-refractivity contribution in [1.82, 2.24) is 25.0 Å². The number of piperidine rings is 1. The highest BCUT2D eigenvalue weighted by atomic mass is 35.5. The highest BCUT2D eigenvalue weighted by molar-refractivity contribution is 7.09. The van der Waals surface area contributed by atoms with Crippen molar-refractivity contribution >= 4 is 63.0 Å². The lowest BCUT2D eigenvalue weighted by molar-refractivity contribution is -0.140. The Morgan fingerprint density at radius 3 is 2.78 bits per heavy atom. The molecular formula is C25H25Cl2N5O4S. The zero-order valence-corrected chi connectivity index (χ0v) is 22.4. The van der Waals surface area contributed by atoms with Gasteiger partial charge in [-0.3, -0.25) is 19.1 Å². The van der Waals surface area contributed by atoms with Gasteiger partial charge in [0, 0.05) is 42.4 Å². The van der Waals surface area contributed by atoms with E-state index in [1.807, 2.05) is 5.38 Å². The second-order valence-electron chi connectivity index (χ2n) is 9.98. The van der Waals surface area contributed by atoms with E-state index in [0.29, 0.717) is 48.6 Å². The van der Waals surface area contributed by atoms with Gasteiger partial charge in [0.05, 0.1) is 5.52 Å². The van der Waals surface area contributed by atoms with E-state index in [4.69, 9.17) is 27.9 Å². The van der Waals surface area contributed by atoms with E-state index >= 15 is 0 Å². The number of ketones is 1. The maximum Gasteiger partial charge on any atom is 0.245 e. The van der Waals surface area contributed by atoms with Crippen LogP contribution in [0.25, 0.3) is 10.9 Å². The lowest BCUT2D eigenvalue weighted by atomic mass is 10.1. The highest BCUT2D eigenvalue weighted by Gasteiger charge is 2.56. The van der Waals surface area contributed by atoms with Crippen molar-refractivity contribution < 1.29 is 19.1 Å². The molecule has 0 unspecified atom stereocenters. The number of aromatic nitrogens is 3. The Morgan fingerprint density at radius 1 is 1.27 bits per heavy atom.